The zero-order valence-corrected chi connectivity index (χ0v) is 23.9. The Bertz CT molecular complexity index is 1860. The van der Waals surface area contributed by atoms with Gasteiger partial charge in [0.1, 0.15) is 0 Å². The molecule has 6 heteroatoms. The third-order valence-corrected chi connectivity index (χ3v) is 9.01. The molecule has 0 saturated carbocycles. The summed E-state index contributed by atoms with van der Waals surface area (Å²) in [4.78, 5) is 4.46. The van der Waals surface area contributed by atoms with Gasteiger partial charge in [-0.1, -0.05) is 108 Å². The first-order valence-electron chi connectivity index (χ1n) is 15.0. The third-order valence-electron chi connectivity index (χ3n) is 9.01. The molecule has 4 nitrogen and oxygen atoms in total. The number of benzene rings is 5. The second-order valence-corrected chi connectivity index (χ2v) is 11.3. The first-order chi connectivity index (χ1) is 21.9. The van der Waals surface area contributed by atoms with E-state index in [1.165, 1.54) is 32.8 Å². The van der Waals surface area contributed by atoms with Gasteiger partial charge in [-0.2, -0.15) is 0 Å². The fraction of sp³-hybridized carbons (Fsp3) is 0. The monoisotopic (exact) mass is 564 g/mol. The van der Waals surface area contributed by atoms with Crippen molar-refractivity contribution in [1.82, 2.24) is 0 Å². The lowest BCUT2D eigenvalue weighted by Crippen LogP contribution is -2.59. The second-order valence-electron chi connectivity index (χ2n) is 11.3. The average Bonchev–Trinajstić information content (AvgIpc) is 3.82. The molecule has 5 aromatic carbocycles. The molecule has 0 bridgehead atoms. The molecule has 0 amide bonds. The van der Waals surface area contributed by atoms with E-state index in [1.54, 1.807) is 12.5 Å². The van der Waals surface area contributed by atoms with Gasteiger partial charge in [-0.25, -0.2) is 0 Å². The second kappa shape index (κ2) is 9.99. The van der Waals surface area contributed by atoms with E-state index in [2.05, 4.69) is 131 Å². The number of fused-ring (bicyclic) bond motifs is 4. The van der Waals surface area contributed by atoms with Gasteiger partial charge in [0.2, 0.25) is 25.2 Å². The van der Waals surface area contributed by atoms with Crippen molar-refractivity contribution in [2.75, 3.05) is 9.80 Å². The Balaban J connectivity index is 1.17. The summed E-state index contributed by atoms with van der Waals surface area (Å²) in [6, 6.07) is 51.9. The zero-order valence-electron chi connectivity index (χ0n) is 23.9. The zero-order chi connectivity index (χ0) is 29.0. The van der Waals surface area contributed by atoms with Gasteiger partial charge >= 0.3 is 0 Å². The van der Waals surface area contributed by atoms with Gasteiger partial charge in [0.15, 0.2) is 0 Å². The molecule has 4 heterocycles. The fourth-order valence-corrected chi connectivity index (χ4v) is 7.20. The van der Waals surface area contributed by atoms with Crippen LogP contribution in [0, 0.1) is 0 Å². The number of para-hydroxylation sites is 4. The Morgan fingerprint density at radius 2 is 0.659 bits per heavy atom. The topological polar surface area (TPSA) is 32.8 Å². The highest BCUT2D eigenvalue weighted by Gasteiger charge is 2.38. The third kappa shape index (κ3) is 3.74. The van der Waals surface area contributed by atoms with Crippen molar-refractivity contribution in [2.24, 2.45) is 0 Å². The van der Waals surface area contributed by atoms with Crippen LogP contribution in [-0.4, -0.2) is 13.4 Å². The fourth-order valence-electron chi connectivity index (χ4n) is 7.20. The van der Waals surface area contributed by atoms with E-state index in [1.807, 2.05) is 24.3 Å². The van der Waals surface area contributed by atoms with Crippen molar-refractivity contribution < 1.29 is 8.83 Å². The van der Waals surface area contributed by atoms with Crippen LogP contribution >= 0.6 is 0 Å². The van der Waals surface area contributed by atoms with Crippen LogP contribution in [0.2, 0.25) is 0 Å². The van der Waals surface area contributed by atoms with Gasteiger partial charge in [0.25, 0.3) is 0 Å². The molecule has 44 heavy (non-hydrogen) atoms. The lowest BCUT2D eigenvalue weighted by Gasteiger charge is -2.36. The normalized spacial score (nSPS) is 13.3. The van der Waals surface area contributed by atoms with E-state index in [4.69, 9.17) is 8.83 Å². The molecule has 0 aliphatic carbocycles. The Morgan fingerprint density at radius 3 is 0.955 bits per heavy atom. The minimum atomic E-state index is 0.100. The first-order valence-corrected chi connectivity index (χ1v) is 15.0. The summed E-state index contributed by atoms with van der Waals surface area (Å²) in [6.45, 7) is 0.200. The summed E-state index contributed by atoms with van der Waals surface area (Å²) >= 11 is 0. The minimum absolute atomic E-state index is 0.100. The molecule has 2 aromatic heterocycles. The van der Waals surface area contributed by atoms with E-state index in [9.17, 15) is 0 Å². The molecule has 9 rings (SSSR count). The number of hydrogen-bond donors (Lipinski definition) is 0. The van der Waals surface area contributed by atoms with Gasteiger partial charge in [0.05, 0.1) is 12.5 Å². The average molecular weight is 564 g/mol. The number of rotatable bonds is 4. The van der Waals surface area contributed by atoms with Crippen molar-refractivity contribution in [3.8, 4) is 0 Å². The predicted molar refractivity (Wildman–Crippen MR) is 183 cm³/mol. The van der Waals surface area contributed by atoms with Crippen molar-refractivity contribution >= 4 is 80.7 Å². The lowest BCUT2D eigenvalue weighted by atomic mass is 9.33. The lowest BCUT2D eigenvalue weighted by molar-refractivity contribution is 0.574. The maximum atomic E-state index is 5.92. The molecule has 206 valence electrons. The number of nitrogens with zero attached hydrogens (tertiary/aromatic N) is 2. The molecule has 0 spiro atoms. The number of anilines is 6. The predicted octanol–water partition coefficient (Wildman–Crippen LogP) is 5.47. The summed E-state index contributed by atoms with van der Waals surface area (Å²) < 4.78 is 11.8. The molecule has 0 saturated heterocycles. The summed E-state index contributed by atoms with van der Waals surface area (Å²) in [5, 5.41) is 0. The highest BCUT2D eigenvalue weighted by molar-refractivity contribution is 6.99. The SMILES string of the molecule is c1coc(N2c3ccccc3B(c3ccc(B4c5ccccc5N(c5ccco5)c5ccccc54)cc3)c3ccccc32)c1. The summed E-state index contributed by atoms with van der Waals surface area (Å²) in [7, 11) is 0. The van der Waals surface area contributed by atoms with Crippen LogP contribution in [0.1, 0.15) is 0 Å². The van der Waals surface area contributed by atoms with Crippen LogP contribution < -0.4 is 42.6 Å². The van der Waals surface area contributed by atoms with Crippen LogP contribution in [0.15, 0.2) is 167 Å². The van der Waals surface area contributed by atoms with E-state index in [0.717, 1.165) is 34.5 Å². The van der Waals surface area contributed by atoms with Gasteiger partial charge < -0.3 is 8.83 Å². The largest absolute Gasteiger partial charge is 0.448 e. The van der Waals surface area contributed by atoms with Gasteiger partial charge in [0, 0.05) is 34.9 Å². The maximum Gasteiger partial charge on any atom is 0.246 e. The van der Waals surface area contributed by atoms with Gasteiger partial charge in [-0.3, -0.25) is 9.80 Å². The van der Waals surface area contributed by atoms with Crippen LogP contribution in [0.4, 0.5) is 34.5 Å². The number of hydrogen-bond acceptors (Lipinski definition) is 4. The number of furan rings is 2. The van der Waals surface area contributed by atoms with Crippen molar-refractivity contribution in [2.45, 2.75) is 0 Å². The Kier molecular flexibility index (Phi) is 5.66. The molecule has 7 aromatic rings. The van der Waals surface area contributed by atoms with E-state index < -0.39 is 0 Å². The molecule has 2 aliphatic heterocycles. The van der Waals surface area contributed by atoms with E-state index in [0.29, 0.717) is 0 Å². The van der Waals surface area contributed by atoms with Crippen molar-refractivity contribution in [3.63, 3.8) is 0 Å². The Labute approximate surface area is 257 Å². The highest BCUT2D eigenvalue weighted by atomic mass is 16.3. The molecular weight excluding hydrogens is 538 g/mol. The molecular formula is C38H26B2N2O2. The quantitative estimate of drug-likeness (QED) is 0.266. The van der Waals surface area contributed by atoms with E-state index >= 15 is 0 Å². The first kappa shape index (κ1) is 24.9. The maximum absolute atomic E-state index is 5.92. The Morgan fingerprint density at radius 1 is 0.341 bits per heavy atom. The minimum Gasteiger partial charge on any atom is -0.448 e. The summed E-state index contributed by atoms with van der Waals surface area (Å²) in [5.41, 5.74) is 12.1. The van der Waals surface area contributed by atoms with Crippen molar-refractivity contribution in [1.29, 1.82) is 0 Å². The van der Waals surface area contributed by atoms with Crippen LogP contribution in [0.5, 0.6) is 0 Å². The summed E-state index contributed by atoms with van der Waals surface area (Å²) in [6.07, 6.45) is 3.47. The summed E-state index contributed by atoms with van der Waals surface area (Å²) in [5.74, 6) is 1.63. The van der Waals surface area contributed by atoms with Crippen LogP contribution in [-0.2, 0) is 0 Å². The van der Waals surface area contributed by atoms with E-state index in [-0.39, 0.29) is 13.4 Å². The van der Waals surface area contributed by atoms with Crippen LogP contribution in [0.3, 0.4) is 0 Å². The molecule has 0 atom stereocenters. The van der Waals surface area contributed by atoms with Crippen LogP contribution in [0.25, 0.3) is 0 Å². The molecule has 0 N–H and O–H groups in total. The van der Waals surface area contributed by atoms with Crippen molar-refractivity contribution in [3.05, 3.63) is 158 Å². The van der Waals surface area contributed by atoms with Gasteiger partial charge in [-0.15, -0.1) is 0 Å². The highest BCUT2D eigenvalue weighted by Crippen LogP contribution is 2.37. The standard InChI is InChI=1S/C38H26B2N2O2/c1-5-15-33-29(11-1)39(30-12-2-6-16-34(30)41(33)37-19-9-25-43-37)27-21-23-28(24-22-27)40-31-13-3-7-17-35(31)42(38-20-10-26-44-38)36-18-8-4-14-32(36)40/h1-26H. The van der Waals surface area contributed by atoms with Gasteiger partial charge in [-0.05, 0) is 58.2 Å². The molecule has 2 aliphatic rings. The molecule has 0 fully saturated rings. The molecule has 0 unspecified atom stereocenters. The molecule has 0 radical (unpaired) electrons. The smallest absolute Gasteiger partial charge is 0.246 e. The Hall–Kier alpha value is -5.61.